The number of nitrogens with one attached hydrogen (secondary N) is 2. The van der Waals surface area contributed by atoms with Crippen LogP contribution in [-0.2, 0) is 16.1 Å². The summed E-state index contributed by atoms with van der Waals surface area (Å²) < 4.78 is 18.8. The quantitative estimate of drug-likeness (QED) is 0.663. The lowest BCUT2D eigenvalue weighted by molar-refractivity contribution is -0.127. The first kappa shape index (κ1) is 18.9. The third kappa shape index (κ3) is 6.23. The van der Waals surface area contributed by atoms with E-state index in [1.54, 1.807) is 13.0 Å². The van der Waals surface area contributed by atoms with E-state index in [-0.39, 0.29) is 36.6 Å². The van der Waals surface area contributed by atoms with E-state index in [2.05, 4.69) is 10.6 Å². The lowest BCUT2D eigenvalue weighted by Gasteiger charge is -2.15. The summed E-state index contributed by atoms with van der Waals surface area (Å²) in [5.41, 5.74) is 6.27. The number of ether oxygens (including phenoxy) is 1. The van der Waals surface area contributed by atoms with E-state index in [9.17, 15) is 14.0 Å². The molecule has 1 aromatic rings. The number of nitrogens with two attached hydrogens (primary N) is 1. The molecular formula is C16H24FN3O3. The number of carbonyl (C=O) groups excluding carboxylic acids is 2. The van der Waals surface area contributed by atoms with E-state index < -0.39 is 11.9 Å². The predicted molar refractivity (Wildman–Crippen MR) is 85.2 cm³/mol. The van der Waals surface area contributed by atoms with Gasteiger partial charge in [0.15, 0.2) is 11.6 Å². The van der Waals surface area contributed by atoms with Gasteiger partial charge in [0, 0.05) is 6.54 Å². The van der Waals surface area contributed by atoms with Crippen LogP contribution in [-0.4, -0.2) is 31.0 Å². The first-order chi connectivity index (χ1) is 10.8. The molecule has 0 aliphatic carbocycles. The van der Waals surface area contributed by atoms with Gasteiger partial charge in [-0.2, -0.15) is 0 Å². The van der Waals surface area contributed by atoms with Crippen LogP contribution in [0.3, 0.4) is 0 Å². The lowest BCUT2D eigenvalue weighted by Crippen LogP contribution is -2.47. The molecule has 6 nitrogen and oxygen atoms in total. The van der Waals surface area contributed by atoms with Crippen molar-refractivity contribution in [2.24, 2.45) is 11.7 Å². The van der Waals surface area contributed by atoms with Crippen LogP contribution in [0.25, 0.3) is 0 Å². The van der Waals surface area contributed by atoms with Crippen molar-refractivity contribution in [2.45, 2.75) is 33.4 Å². The molecule has 2 amide bonds. The van der Waals surface area contributed by atoms with Crippen LogP contribution in [0.4, 0.5) is 4.39 Å². The summed E-state index contributed by atoms with van der Waals surface area (Å²) in [6.45, 7) is 5.79. The van der Waals surface area contributed by atoms with Gasteiger partial charge in [0.25, 0.3) is 0 Å². The van der Waals surface area contributed by atoms with Crippen LogP contribution in [0, 0.1) is 11.7 Å². The van der Waals surface area contributed by atoms with Crippen molar-refractivity contribution in [1.82, 2.24) is 10.6 Å². The van der Waals surface area contributed by atoms with Crippen molar-refractivity contribution < 1.29 is 18.7 Å². The molecule has 1 aromatic carbocycles. The van der Waals surface area contributed by atoms with E-state index in [0.717, 1.165) is 0 Å². The van der Waals surface area contributed by atoms with Gasteiger partial charge in [0.05, 0.1) is 19.2 Å². The highest BCUT2D eigenvalue weighted by Crippen LogP contribution is 2.18. The van der Waals surface area contributed by atoms with Crippen LogP contribution < -0.4 is 21.1 Å². The third-order valence-electron chi connectivity index (χ3n) is 3.23. The Morgan fingerprint density at radius 2 is 2.00 bits per heavy atom. The maximum absolute atomic E-state index is 13.7. The lowest BCUT2D eigenvalue weighted by atomic mass is 10.1. The molecule has 1 atom stereocenters. The zero-order chi connectivity index (χ0) is 17.4. The van der Waals surface area contributed by atoms with Gasteiger partial charge in [-0.3, -0.25) is 9.59 Å². The molecule has 1 rings (SSSR count). The summed E-state index contributed by atoms with van der Waals surface area (Å²) in [4.78, 5) is 23.3. The minimum absolute atomic E-state index is 0.00936. The fourth-order valence-electron chi connectivity index (χ4n) is 1.78. The first-order valence-electron chi connectivity index (χ1n) is 7.56. The van der Waals surface area contributed by atoms with Gasteiger partial charge in [-0.05, 0) is 30.5 Å². The maximum atomic E-state index is 13.7. The molecule has 0 aliphatic heterocycles. The van der Waals surface area contributed by atoms with Gasteiger partial charge in [0.1, 0.15) is 0 Å². The van der Waals surface area contributed by atoms with Crippen molar-refractivity contribution in [3.8, 4) is 5.75 Å². The van der Waals surface area contributed by atoms with Gasteiger partial charge in [0.2, 0.25) is 11.8 Å². The molecule has 0 heterocycles. The second-order valence-electron chi connectivity index (χ2n) is 5.46. The molecule has 0 bridgehead atoms. The Morgan fingerprint density at radius 3 is 2.57 bits per heavy atom. The van der Waals surface area contributed by atoms with Gasteiger partial charge < -0.3 is 21.1 Å². The van der Waals surface area contributed by atoms with E-state index >= 15 is 0 Å². The second-order valence-corrected chi connectivity index (χ2v) is 5.46. The number of halogens is 1. The minimum Gasteiger partial charge on any atom is -0.491 e. The van der Waals surface area contributed by atoms with Gasteiger partial charge in [-0.1, -0.05) is 19.9 Å². The Kier molecular flexibility index (Phi) is 7.47. The Labute approximate surface area is 135 Å². The minimum atomic E-state index is -0.650. The Balaban J connectivity index is 2.41. The number of amides is 2. The smallest absolute Gasteiger partial charge is 0.239 e. The summed E-state index contributed by atoms with van der Waals surface area (Å²) in [6, 6.07) is 3.84. The molecule has 0 aliphatic rings. The SMILES string of the molecule is CCOc1ccc(CNC(=O)CNC(=O)[C@@H](N)C(C)C)cc1F. The third-order valence-corrected chi connectivity index (χ3v) is 3.23. The number of benzene rings is 1. The van der Waals surface area contributed by atoms with Crippen LogP contribution in [0.2, 0.25) is 0 Å². The molecule has 4 N–H and O–H groups in total. The molecule has 0 spiro atoms. The van der Waals surface area contributed by atoms with Gasteiger partial charge in [-0.25, -0.2) is 4.39 Å². The molecule has 0 saturated heterocycles. The summed E-state index contributed by atoms with van der Waals surface area (Å²) in [5.74, 6) is -1.05. The molecule has 0 aromatic heterocycles. The predicted octanol–water partition coefficient (Wildman–Crippen LogP) is 0.940. The van der Waals surface area contributed by atoms with Crippen LogP contribution in [0.15, 0.2) is 18.2 Å². The van der Waals surface area contributed by atoms with Crippen LogP contribution >= 0.6 is 0 Å². The number of rotatable bonds is 8. The molecule has 0 fully saturated rings. The van der Waals surface area contributed by atoms with Crippen molar-refractivity contribution in [3.05, 3.63) is 29.6 Å². The molecular weight excluding hydrogens is 301 g/mol. The number of hydrogen-bond acceptors (Lipinski definition) is 4. The highest BCUT2D eigenvalue weighted by molar-refractivity contribution is 5.87. The Morgan fingerprint density at radius 1 is 1.30 bits per heavy atom. The normalized spacial score (nSPS) is 11.9. The van der Waals surface area contributed by atoms with Crippen molar-refractivity contribution in [1.29, 1.82) is 0 Å². The zero-order valence-corrected chi connectivity index (χ0v) is 13.7. The molecule has 0 unspecified atom stereocenters. The zero-order valence-electron chi connectivity index (χ0n) is 13.7. The van der Waals surface area contributed by atoms with Crippen molar-refractivity contribution in [2.75, 3.05) is 13.2 Å². The van der Waals surface area contributed by atoms with E-state index in [1.807, 2.05) is 13.8 Å². The van der Waals surface area contributed by atoms with E-state index in [1.165, 1.54) is 12.1 Å². The molecule has 0 radical (unpaired) electrons. The monoisotopic (exact) mass is 325 g/mol. The standard InChI is InChI=1S/C16H24FN3O3/c1-4-23-13-6-5-11(7-12(13)17)8-19-14(21)9-20-16(22)15(18)10(2)3/h5-7,10,15H,4,8-9,18H2,1-3H3,(H,19,21)(H,20,22)/t15-/m0/s1. The maximum Gasteiger partial charge on any atom is 0.239 e. The number of carbonyl (C=O) groups is 2. The molecule has 23 heavy (non-hydrogen) atoms. The summed E-state index contributed by atoms with van der Waals surface area (Å²) in [5, 5.41) is 5.07. The Bertz CT molecular complexity index is 549. The van der Waals surface area contributed by atoms with Gasteiger partial charge in [-0.15, -0.1) is 0 Å². The first-order valence-corrected chi connectivity index (χ1v) is 7.56. The van der Waals surface area contributed by atoms with Crippen LogP contribution in [0.5, 0.6) is 5.75 Å². The highest BCUT2D eigenvalue weighted by atomic mass is 19.1. The summed E-state index contributed by atoms with van der Waals surface area (Å²) in [6.07, 6.45) is 0. The topological polar surface area (TPSA) is 93.5 Å². The average Bonchev–Trinajstić information content (AvgIpc) is 2.52. The van der Waals surface area contributed by atoms with E-state index in [0.29, 0.717) is 12.2 Å². The highest BCUT2D eigenvalue weighted by Gasteiger charge is 2.17. The largest absolute Gasteiger partial charge is 0.491 e. The van der Waals surface area contributed by atoms with E-state index in [4.69, 9.17) is 10.5 Å². The fraction of sp³-hybridized carbons (Fsp3) is 0.500. The molecule has 128 valence electrons. The average molecular weight is 325 g/mol. The fourth-order valence-corrected chi connectivity index (χ4v) is 1.78. The molecule has 0 saturated carbocycles. The summed E-state index contributed by atoms with van der Waals surface area (Å²) >= 11 is 0. The van der Waals surface area contributed by atoms with Crippen LogP contribution in [0.1, 0.15) is 26.3 Å². The van der Waals surface area contributed by atoms with Crippen molar-refractivity contribution in [3.63, 3.8) is 0 Å². The van der Waals surface area contributed by atoms with Gasteiger partial charge >= 0.3 is 0 Å². The van der Waals surface area contributed by atoms with Crippen molar-refractivity contribution >= 4 is 11.8 Å². The second kappa shape index (κ2) is 9.09. The molecule has 7 heteroatoms. The Hall–Kier alpha value is -2.15. The summed E-state index contributed by atoms with van der Waals surface area (Å²) in [7, 11) is 0. The number of hydrogen-bond donors (Lipinski definition) is 3.